The molecule has 1 amide bonds. The minimum atomic E-state index is -4.39. The molecule has 6 N–H and O–H groups in total. The standard InChI is InChI=1S/C34H67N2O7P/c1-3-5-7-9-11-13-15-17-19-21-23-25-31(37)29-34(39)36-32(30-43-44(40,41)42-28-27-35)33(38)26-24-22-20-18-16-14-12-10-8-6-4-2/h16,18,24,26,31-33,37-38H,3-15,17,19-23,25,27-30,35H2,1-2H3,(H,36,39)(H,40,41)/b18-16+,26-24+. The molecule has 260 valence electrons. The summed E-state index contributed by atoms with van der Waals surface area (Å²) in [5.74, 6) is -0.459. The fourth-order valence-electron chi connectivity index (χ4n) is 4.90. The van der Waals surface area contributed by atoms with Crippen LogP contribution in [0.15, 0.2) is 24.3 Å². The number of allylic oxidation sites excluding steroid dienone is 3. The minimum absolute atomic E-state index is 0.0454. The highest BCUT2D eigenvalue weighted by Gasteiger charge is 2.27. The largest absolute Gasteiger partial charge is 0.472 e. The lowest BCUT2D eigenvalue weighted by molar-refractivity contribution is -0.124. The van der Waals surface area contributed by atoms with Gasteiger partial charge in [0.05, 0.1) is 37.9 Å². The summed E-state index contributed by atoms with van der Waals surface area (Å²) in [6.45, 7) is 3.88. The average molecular weight is 647 g/mol. The van der Waals surface area contributed by atoms with Gasteiger partial charge in [-0.15, -0.1) is 0 Å². The Bertz CT molecular complexity index is 766. The van der Waals surface area contributed by atoms with E-state index in [4.69, 9.17) is 14.8 Å². The van der Waals surface area contributed by atoms with E-state index in [9.17, 15) is 24.5 Å². The van der Waals surface area contributed by atoms with Crippen molar-refractivity contribution in [1.29, 1.82) is 0 Å². The molecule has 4 atom stereocenters. The molecule has 0 aliphatic heterocycles. The second-order valence-corrected chi connectivity index (χ2v) is 13.4. The third kappa shape index (κ3) is 28.4. The van der Waals surface area contributed by atoms with Gasteiger partial charge in [0.1, 0.15) is 0 Å². The van der Waals surface area contributed by atoms with Crippen LogP contribution in [0.4, 0.5) is 0 Å². The first-order valence-electron chi connectivity index (χ1n) is 17.5. The molecule has 0 fully saturated rings. The summed E-state index contributed by atoms with van der Waals surface area (Å²) in [7, 11) is -4.39. The van der Waals surface area contributed by atoms with Gasteiger partial charge in [-0.2, -0.15) is 0 Å². The lowest BCUT2D eigenvalue weighted by Gasteiger charge is -2.24. The molecule has 0 heterocycles. The lowest BCUT2D eigenvalue weighted by Crippen LogP contribution is -2.46. The molecule has 0 aromatic rings. The molecule has 4 unspecified atom stereocenters. The van der Waals surface area contributed by atoms with Crippen LogP contribution in [0.2, 0.25) is 0 Å². The van der Waals surface area contributed by atoms with Crippen LogP contribution in [0, 0.1) is 0 Å². The van der Waals surface area contributed by atoms with Gasteiger partial charge < -0.3 is 26.2 Å². The van der Waals surface area contributed by atoms with Gasteiger partial charge >= 0.3 is 7.82 Å². The molecular formula is C34H67N2O7P. The Labute approximate surface area is 269 Å². The van der Waals surface area contributed by atoms with E-state index >= 15 is 0 Å². The first-order valence-corrected chi connectivity index (χ1v) is 19.0. The van der Waals surface area contributed by atoms with Crippen molar-refractivity contribution in [1.82, 2.24) is 5.32 Å². The second kappa shape index (κ2) is 30.6. The smallest absolute Gasteiger partial charge is 0.393 e. The van der Waals surface area contributed by atoms with Crippen LogP contribution in [-0.2, 0) is 18.4 Å². The van der Waals surface area contributed by atoms with Crippen LogP contribution in [0.25, 0.3) is 0 Å². The number of phosphoric acid groups is 1. The molecule has 0 spiro atoms. The molecule has 0 rings (SSSR count). The molecule has 0 saturated heterocycles. The van der Waals surface area contributed by atoms with Crippen molar-refractivity contribution >= 4 is 13.7 Å². The second-order valence-electron chi connectivity index (χ2n) is 11.9. The molecule has 0 bridgehead atoms. The molecule has 44 heavy (non-hydrogen) atoms. The van der Waals surface area contributed by atoms with E-state index in [2.05, 4.69) is 31.3 Å². The zero-order chi connectivity index (χ0) is 32.7. The number of carbonyl (C=O) groups excluding carboxylic acids is 1. The van der Waals surface area contributed by atoms with E-state index in [0.717, 1.165) is 32.1 Å². The van der Waals surface area contributed by atoms with Gasteiger partial charge in [-0.3, -0.25) is 13.8 Å². The van der Waals surface area contributed by atoms with Crippen LogP contribution in [0.3, 0.4) is 0 Å². The predicted octanol–water partition coefficient (Wildman–Crippen LogP) is 7.63. The molecule has 0 radical (unpaired) electrons. The highest BCUT2D eigenvalue weighted by molar-refractivity contribution is 7.47. The van der Waals surface area contributed by atoms with Crippen LogP contribution >= 0.6 is 7.82 Å². The Morgan fingerprint density at radius 1 is 0.773 bits per heavy atom. The molecule has 0 saturated carbocycles. The third-order valence-electron chi connectivity index (χ3n) is 7.58. The maximum atomic E-state index is 12.7. The molecular weight excluding hydrogens is 579 g/mol. The number of aliphatic hydroxyl groups is 2. The van der Waals surface area contributed by atoms with Crippen LogP contribution < -0.4 is 11.1 Å². The van der Waals surface area contributed by atoms with Gasteiger partial charge in [0, 0.05) is 6.54 Å². The van der Waals surface area contributed by atoms with E-state index in [1.807, 2.05) is 6.08 Å². The van der Waals surface area contributed by atoms with Gasteiger partial charge in [-0.05, 0) is 32.1 Å². The third-order valence-corrected chi connectivity index (χ3v) is 8.57. The number of unbranched alkanes of at least 4 members (excludes halogenated alkanes) is 16. The molecule has 10 heteroatoms. The topological polar surface area (TPSA) is 151 Å². The van der Waals surface area contributed by atoms with E-state index in [1.54, 1.807) is 6.08 Å². The summed E-state index contributed by atoms with van der Waals surface area (Å²) in [5.41, 5.74) is 5.32. The molecule has 9 nitrogen and oxygen atoms in total. The highest BCUT2D eigenvalue weighted by Crippen LogP contribution is 2.43. The van der Waals surface area contributed by atoms with Crippen LogP contribution in [0.1, 0.15) is 149 Å². The number of amides is 1. The summed E-state index contributed by atoms with van der Waals surface area (Å²) in [5, 5.41) is 23.8. The fourth-order valence-corrected chi connectivity index (χ4v) is 5.65. The number of hydrogen-bond donors (Lipinski definition) is 5. The summed E-state index contributed by atoms with van der Waals surface area (Å²) < 4.78 is 21.9. The lowest BCUT2D eigenvalue weighted by atomic mass is 10.0. The Morgan fingerprint density at radius 2 is 1.30 bits per heavy atom. The summed E-state index contributed by atoms with van der Waals surface area (Å²) in [6, 6.07) is -0.992. The predicted molar refractivity (Wildman–Crippen MR) is 181 cm³/mol. The maximum absolute atomic E-state index is 12.7. The van der Waals surface area contributed by atoms with Crippen molar-refractivity contribution in [2.75, 3.05) is 19.8 Å². The van der Waals surface area contributed by atoms with E-state index < -0.39 is 38.6 Å². The van der Waals surface area contributed by atoms with Gasteiger partial charge in [-0.1, -0.05) is 134 Å². The van der Waals surface area contributed by atoms with Crippen molar-refractivity contribution in [2.45, 2.75) is 167 Å². The number of nitrogens with two attached hydrogens (primary N) is 1. The molecule has 0 aliphatic rings. The van der Waals surface area contributed by atoms with Gasteiger partial charge in [0.2, 0.25) is 5.91 Å². The van der Waals surface area contributed by atoms with Crippen molar-refractivity contribution in [3.05, 3.63) is 24.3 Å². The van der Waals surface area contributed by atoms with Crippen molar-refractivity contribution in [3.8, 4) is 0 Å². The quantitative estimate of drug-likeness (QED) is 0.0284. The van der Waals surface area contributed by atoms with E-state index in [0.29, 0.717) is 12.8 Å². The van der Waals surface area contributed by atoms with Crippen molar-refractivity contribution < 1.29 is 33.5 Å². The summed E-state index contributed by atoms with van der Waals surface area (Å²) >= 11 is 0. The minimum Gasteiger partial charge on any atom is -0.393 e. The average Bonchev–Trinajstić information content (AvgIpc) is 2.99. The number of hydrogen-bond acceptors (Lipinski definition) is 7. The molecule has 0 aromatic heterocycles. The summed E-state index contributed by atoms with van der Waals surface area (Å²) in [4.78, 5) is 22.5. The van der Waals surface area contributed by atoms with Crippen LogP contribution in [-0.4, -0.2) is 59.0 Å². The normalized spacial score (nSPS) is 15.5. The monoisotopic (exact) mass is 646 g/mol. The maximum Gasteiger partial charge on any atom is 0.472 e. The SMILES string of the molecule is CCCCCCC/C=C/CC/C=C/C(O)C(COP(=O)(O)OCCN)NC(=O)CC(O)CCCCCCCCCCCCC. The first-order chi connectivity index (χ1) is 21.3. The zero-order valence-electron chi connectivity index (χ0n) is 28.0. The Kier molecular flexibility index (Phi) is 29.8. The number of nitrogens with one attached hydrogen (secondary N) is 1. The Hall–Kier alpha value is -1.06. The van der Waals surface area contributed by atoms with E-state index in [1.165, 1.54) is 83.5 Å². The number of carbonyl (C=O) groups is 1. The molecule has 0 aromatic carbocycles. The zero-order valence-corrected chi connectivity index (χ0v) is 28.9. The van der Waals surface area contributed by atoms with Crippen molar-refractivity contribution in [2.24, 2.45) is 5.73 Å². The fraction of sp³-hybridized carbons (Fsp3) is 0.853. The Balaban J connectivity index is 4.55. The van der Waals surface area contributed by atoms with Crippen molar-refractivity contribution in [3.63, 3.8) is 0 Å². The highest BCUT2D eigenvalue weighted by atomic mass is 31.2. The number of rotatable bonds is 32. The van der Waals surface area contributed by atoms with Gasteiger partial charge in [0.25, 0.3) is 0 Å². The first kappa shape index (κ1) is 42.9. The number of phosphoric ester groups is 1. The van der Waals surface area contributed by atoms with E-state index in [-0.39, 0.29) is 19.6 Å². The Morgan fingerprint density at radius 3 is 1.89 bits per heavy atom. The molecule has 0 aliphatic carbocycles. The number of aliphatic hydroxyl groups excluding tert-OH is 2. The van der Waals surface area contributed by atoms with Gasteiger partial charge in [-0.25, -0.2) is 4.57 Å². The summed E-state index contributed by atoms with van der Waals surface area (Å²) in [6.07, 6.45) is 28.4. The van der Waals surface area contributed by atoms with Crippen LogP contribution in [0.5, 0.6) is 0 Å². The van der Waals surface area contributed by atoms with Gasteiger partial charge in [0.15, 0.2) is 0 Å².